The van der Waals surface area contributed by atoms with Crippen LogP contribution in [-0.4, -0.2) is 324 Å². The molecule has 0 saturated heterocycles. The second-order valence-electron chi connectivity index (χ2n) is 5.56. The van der Waals surface area contributed by atoms with Gasteiger partial charge < -0.3 is 136 Å². The maximum absolute atomic E-state index is 9.01. The molecule has 0 spiro atoms. The van der Waals surface area contributed by atoms with Gasteiger partial charge in [-0.25, -0.2) is 0 Å². The highest BCUT2D eigenvalue weighted by molar-refractivity contribution is 6.62. The van der Waals surface area contributed by atoms with E-state index in [1.165, 1.54) is 0 Å². The third-order valence-electron chi connectivity index (χ3n) is 2.89. The van der Waals surface area contributed by atoms with Crippen LogP contribution in [0.1, 0.15) is 0 Å². The number of rotatable bonds is 11. The van der Waals surface area contributed by atoms with Crippen molar-refractivity contribution in [3.8, 4) is 0 Å². The molecule has 0 heterocycles. The molecule has 0 atom stereocenters. The molecule has 30 nitrogen and oxygen atoms in total. The van der Waals surface area contributed by atoms with Crippen molar-refractivity contribution in [3.63, 3.8) is 0 Å². The van der Waals surface area contributed by atoms with Crippen LogP contribution in [0.25, 0.3) is 0 Å². The summed E-state index contributed by atoms with van der Waals surface area (Å²) in [6.07, 6.45) is 0. The van der Waals surface area contributed by atoms with E-state index < -0.39 is 54.3 Å². The zero-order valence-corrected chi connectivity index (χ0v) is 73.0. The van der Waals surface area contributed by atoms with Crippen LogP contribution in [0.4, 0.5) is 0 Å². The van der Waals surface area contributed by atoms with E-state index in [1.54, 1.807) is 0 Å². The van der Waals surface area contributed by atoms with Crippen LogP contribution >= 0.6 is 0 Å². The molecule has 53 heavy (non-hydrogen) atoms. The largest absolute Gasteiger partial charge is 0.668 e. The normalized spacial score (nSPS) is 12.7. The van der Waals surface area contributed by atoms with Gasteiger partial charge in [-0.1, -0.05) is 0 Å². The van der Waals surface area contributed by atoms with Crippen LogP contribution in [0.15, 0.2) is 0 Å². The first-order valence-electron chi connectivity index (χ1n) is 12.3. The molecule has 0 radical (unpaired) electrons. The SMILES string of the molecule is O[SiH3].O[SiH3].O[SiH3].O[SiH3].O[SiH3].O[SiH3].O[Si](O)(O)O.O[Si](O)(O)O[SiH3].O[Si](O)(O[SiH3])O[SiH3].O[Si](O)(O[SiH3])O[SiH3].O[Si](O[SiH3])(O[SiH3])O[SiH3].O[Si](O[SiH3])(O[SiH3])O[SiH3]. The molecule has 0 aromatic carbocycles. The Kier molecular flexibility index (Phi) is 108. The number of hydrogen-bond donors (Lipinski definition) is 19. The lowest BCUT2D eigenvalue weighted by Gasteiger charge is -2.17. The van der Waals surface area contributed by atoms with E-state index in [0.29, 0.717) is 168 Å². The predicted octanol–water partition coefficient (Wildman–Crippen LogP) is -33.7. The van der Waals surface area contributed by atoms with Gasteiger partial charge in [-0.05, 0) is 0 Å². The summed E-state index contributed by atoms with van der Waals surface area (Å²) in [6, 6.07) is 0. The maximum atomic E-state index is 9.01. The molecule has 0 aromatic rings. The molecule has 342 valence electrons. The van der Waals surface area contributed by atoms with E-state index in [-0.39, 0.29) is 10.5 Å². The van der Waals surface area contributed by atoms with Gasteiger partial charge in [-0.2, -0.15) is 0 Å². The first-order valence-corrected chi connectivity index (χ1v) is 37.0. The minimum atomic E-state index is -4.61. The maximum Gasteiger partial charge on any atom is 0.668 e. The molecule has 0 aliphatic rings. The lowest BCUT2D eigenvalue weighted by atomic mass is 15.6. The fraction of sp³-hybridized carbons (Fsp3) is 0. The Morgan fingerprint density at radius 2 is 0.321 bits per heavy atom. The Morgan fingerprint density at radius 3 is 0.321 bits per heavy atom. The van der Waals surface area contributed by atoms with Gasteiger partial charge >= 0.3 is 54.3 Å². The summed E-state index contributed by atoms with van der Waals surface area (Å²) in [5.74, 6) is 0. The van der Waals surface area contributed by atoms with Gasteiger partial charge in [-0.3, -0.25) is 0 Å². The highest BCUT2D eigenvalue weighted by Gasteiger charge is 2.34. The van der Waals surface area contributed by atoms with Crippen molar-refractivity contribution >= 4 is 233 Å². The molecule has 0 rings (SSSR count). The zero-order chi connectivity index (χ0) is 46.8. The highest BCUT2D eigenvalue weighted by Crippen LogP contribution is 1.96. The topological polar surface area (TPSA) is 486 Å². The molecule has 0 aliphatic heterocycles. The average molecular weight is 1200 g/mol. The lowest BCUT2D eigenvalue weighted by molar-refractivity contribution is 0.117. The van der Waals surface area contributed by atoms with Gasteiger partial charge in [0, 0.05) is 0 Å². The molecule has 53 heteroatoms. The van der Waals surface area contributed by atoms with Crippen molar-refractivity contribution in [2.45, 2.75) is 0 Å². The fourth-order valence-corrected chi connectivity index (χ4v) is 18.0. The van der Waals surface area contributed by atoms with Crippen LogP contribution in [-0.2, 0) is 45.3 Å². The van der Waals surface area contributed by atoms with E-state index in [4.69, 9.17) is 116 Å². The monoisotopic (exact) mass is 1190 g/mol. The van der Waals surface area contributed by atoms with E-state index in [9.17, 15) is 0 Å². The lowest BCUT2D eigenvalue weighted by Crippen LogP contribution is -2.44. The summed E-state index contributed by atoms with van der Waals surface area (Å²) < 4.78 is 49.2. The summed E-state index contributed by atoms with van der Waals surface area (Å²) in [6.45, 7) is 0. The van der Waals surface area contributed by atoms with Crippen LogP contribution in [0.5, 0.6) is 0 Å². The zero-order valence-electron chi connectivity index (χ0n) is 33.0. The molecular weight excluding hydrogens is 1130 g/mol. The summed E-state index contributed by atoms with van der Waals surface area (Å²) in [5.41, 5.74) is 0. The van der Waals surface area contributed by atoms with Crippen molar-refractivity contribution in [2.24, 2.45) is 0 Å². The van der Waals surface area contributed by atoms with Crippen LogP contribution in [0.2, 0.25) is 0 Å². The molecule has 0 amide bonds. The third-order valence-corrected chi connectivity index (χ3v) is 26.0. The Labute approximate surface area is 366 Å². The molecule has 19 N–H and O–H groups in total. The number of hydrogen-bond acceptors (Lipinski definition) is 30. The molecular formula is H70O30Si23. The molecule has 0 aromatic heterocycles. The van der Waals surface area contributed by atoms with E-state index >= 15 is 0 Å². The van der Waals surface area contributed by atoms with Crippen LogP contribution < -0.4 is 0 Å². The summed E-state index contributed by atoms with van der Waals surface area (Å²) >= 11 is 0. The van der Waals surface area contributed by atoms with Gasteiger partial charge in [0.25, 0.3) is 0 Å². The second-order valence-corrected chi connectivity index (χ2v) is 30.2. The van der Waals surface area contributed by atoms with E-state index in [1.807, 2.05) is 0 Å². The van der Waals surface area contributed by atoms with Gasteiger partial charge in [0.15, 0.2) is 0 Å². The molecule has 0 fully saturated rings. The fourth-order valence-electron chi connectivity index (χ4n) is 0.667. The third kappa shape index (κ3) is 119. The summed E-state index contributed by atoms with van der Waals surface area (Å²) in [4.78, 5) is 148. The minimum absolute atomic E-state index is 0.160. The summed E-state index contributed by atoms with van der Waals surface area (Å²) in [5, 5.41) is 0. The van der Waals surface area contributed by atoms with Gasteiger partial charge in [-0.15, -0.1) is 0 Å². The quantitative estimate of drug-likeness (QED) is 0.0854. The smallest absolute Gasteiger partial charge is 0.442 e. The molecule has 0 unspecified atom stereocenters. The van der Waals surface area contributed by atoms with Crippen molar-refractivity contribution in [3.05, 3.63) is 0 Å². The van der Waals surface area contributed by atoms with E-state index in [2.05, 4.69) is 20.6 Å². The molecule has 0 bridgehead atoms. The van der Waals surface area contributed by atoms with Crippen molar-refractivity contribution in [1.29, 1.82) is 0 Å². The molecule has 0 aliphatic carbocycles. The molecule has 0 saturated carbocycles. The van der Waals surface area contributed by atoms with Gasteiger partial charge in [0.1, 0.15) is 178 Å². The Balaban J connectivity index is -0.0000000361. The van der Waals surface area contributed by atoms with Crippen molar-refractivity contribution in [1.82, 2.24) is 0 Å². The Hall–Kier alpha value is 3.79. The van der Waals surface area contributed by atoms with E-state index in [0.717, 1.165) is 0 Å². The predicted molar refractivity (Wildman–Crippen MR) is 258 cm³/mol. The standard InChI is InChI=1S/2H10O4Si4.2H8O4Si3.H6O4Si2.H4O4Si.6H4OSi/c2*1-8(2-5,3-6)4-7;2*1-7(2,3-5)4-6;1-6(2,3)4-5;1-5(2,3)4;6*1-2/h2*1H,5-7H3;2*1-2H,5-6H3;1-3H,5H3;1-4H;6*1H,2H3. The van der Waals surface area contributed by atoms with Gasteiger partial charge in [0.2, 0.25) is 0 Å². The summed E-state index contributed by atoms with van der Waals surface area (Å²) in [7, 11) is -15.6. The Bertz CT molecular complexity index is 467. The first-order chi connectivity index (χ1) is 24.2. The first kappa shape index (κ1) is 88.1. The highest BCUT2D eigenvalue weighted by atomic mass is 28.5. The van der Waals surface area contributed by atoms with Crippen molar-refractivity contribution < 1.29 is 136 Å². The average Bonchev–Trinajstić information content (AvgIpc) is 3.19. The Morgan fingerprint density at radius 1 is 0.226 bits per heavy atom. The van der Waals surface area contributed by atoms with Crippen molar-refractivity contribution in [2.75, 3.05) is 0 Å². The van der Waals surface area contributed by atoms with Crippen LogP contribution in [0, 0.1) is 0 Å². The minimum Gasteiger partial charge on any atom is -0.442 e. The second kappa shape index (κ2) is 64.9. The van der Waals surface area contributed by atoms with Crippen LogP contribution in [0.3, 0.4) is 0 Å². The van der Waals surface area contributed by atoms with Gasteiger partial charge in [0.05, 0.1) is 0 Å².